The molecular weight excluding hydrogens is 456 g/mol. The first-order chi connectivity index (χ1) is 15.9. The van der Waals surface area contributed by atoms with Crippen molar-refractivity contribution in [2.24, 2.45) is 46.3 Å². The first kappa shape index (κ1) is 25.8. The Balaban J connectivity index is 1.41. The van der Waals surface area contributed by atoms with Gasteiger partial charge in [-0.25, -0.2) is 0 Å². The van der Waals surface area contributed by atoms with Crippen molar-refractivity contribution in [2.75, 3.05) is 12.4 Å². The molecule has 192 valence electrons. The summed E-state index contributed by atoms with van der Waals surface area (Å²) in [7, 11) is -4.15. The third-order valence-electron chi connectivity index (χ3n) is 10.5. The molecule has 4 rings (SSSR count). The van der Waals surface area contributed by atoms with Gasteiger partial charge in [0.2, 0.25) is 0 Å². The van der Waals surface area contributed by atoms with E-state index in [-0.39, 0.29) is 35.7 Å². The van der Waals surface area contributed by atoms with Crippen LogP contribution in [-0.4, -0.2) is 42.9 Å². The molecule has 0 aromatic carbocycles. The second-order valence-electron chi connectivity index (χ2n) is 12.0. The van der Waals surface area contributed by atoms with Crippen LogP contribution in [0.15, 0.2) is 0 Å². The zero-order chi connectivity index (χ0) is 24.9. The van der Waals surface area contributed by atoms with Crippen LogP contribution < -0.4 is 0 Å². The molecule has 0 heterocycles. The number of ether oxygens (including phenoxy) is 1. The Kier molecular flexibility index (Phi) is 7.06. The normalized spacial score (nSPS) is 40.8. The van der Waals surface area contributed by atoms with Gasteiger partial charge in [-0.1, -0.05) is 20.8 Å². The molecule has 0 aromatic heterocycles. The Hall–Kier alpha value is -1.28. The molecule has 4 saturated carbocycles. The molecule has 8 unspecified atom stereocenters. The molecule has 8 heteroatoms. The fourth-order valence-electron chi connectivity index (χ4n) is 8.57. The summed E-state index contributed by atoms with van der Waals surface area (Å²) in [5, 5.41) is 0. The summed E-state index contributed by atoms with van der Waals surface area (Å²) >= 11 is 0. The number of hydrogen-bond donors (Lipinski definition) is 1. The maximum absolute atomic E-state index is 13.8. The highest BCUT2D eigenvalue weighted by molar-refractivity contribution is 7.85. The minimum atomic E-state index is -4.15. The molecule has 8 atom stereocenters. The molecule has 4 fully saturated rings. The number of ketones is 2. The van der Waals surface area contributed by atoms with Crippen LogP contribution in [0.5, 0.6) is 0 Å². The van der Waals surface area contributed by atoms with Crippen LogP contribution in [-0.2, 0) is 29.2 Å². The van der Waals surface area contributed by atoms with Gasteiger partial charge in [-0.3, -0.25) is 18.9 Å². The largest absolute Gasteiger partial charge is 0.464 e. The highest BCUT2D eigenvalue weighted by Gasteiger charge is 2.63. The lowest BCUT2D eigenvalue weighted by atomic mass is 9.44. The Morgan fingerprint density at radius 2 is 1.85 bits per heavy atom. The summed E-state index contributed by atoms with van der Waals surface area (Å²) in [4.78, 5) is 38.0. The van der Waals surface area contributed by atoms with Crippen molar-refractivity contribution in [2.45, 2.75) is 85.0 Å². The molecule has 0 radical (unpaired) electrons. The van der Waals surface area contributed by atoms with Crippen molar-refractivity contribution in [1.29, 1.82) is 0 Å². The third kappa shape index (κ3) is 4.61. The molecular formula is C26H40O7S. The Bertz CT molecular complexity index is 943. The summed E-state index contributed by atoms with van der Waals surface area (Å²) in [6.45, 7) is 6.30. The van der Waals surface area contributed by atoms with E-state index in [0.717, 1.165) is 32.1 Å². The fourth-order valence-corrected chi connectivity index (χ4v) is 8.87. The summed E-state index contributed by atoms with van der Waals surface area (Å²) in [5.41, 5.74) is -0.257. The Morgan fingerprint density at radius 3 is 2.56 bits per heavy atom. The number of hydrogen-bond acceptors (Lipinski definition) is 6. The van der Waals surface area contributed by atoms with E-state index in [1.165, 1.54) is 0 Å². The van der Waals surface area contributed by atoms with Gasteiger partial charge in [0, 0.05) is 31.1 Å². The van der Waals surface area contributed by atoms with E-state index in [2.05, 4.69) is 20.8 Å². The van der Waals surface area contributed by atoms with Crippen molar-refractivity contribution < 1.29 is 32.1 Å². The van der Waals surface area contributed by atoms with Crippen LogP contribution in [0.3, 0.4) is 0 Å². The third-order valence-corrected chi connectivity index (χ3v) is 11.2. The van der Waals surface area contributed by atoms with Gasteiger partial charge < -0.3 is 4.74 Å². The van der Waals surface area contributed by atoms with Gasteiger partial charge in [-0.15, -0.1) is 0 Å². The van der Waals surface area contributed by atoms with E-state index in [1.807, 2.05) is 0 Å². The molecule has 0 spiro atoms. The molecule has 0 saturated heterocycles. The SMILES string of the molecule is CC(CCC(=O)OCCS(=O)(=O)O)C1CCC2C3CCC4CC(=O)CCC4(C)C3CC(=O)C12C. The van der Waals surface area contributed by atoms with Crippen molar-refractivity contribution in [3.8, 4) is 0 Å². The maximum Gasteiger partial charge on any atom is 0.305 e. The zero-order valence-corrected chi connectivity index (χ0v) is 21.6. The molecule has 34 heavy (non-hydrogen) atoms. The van der Waals surface area contributed by atoms with Crippen LogP contribution >= 0.6 is 0 Å². The number of carbonyl (C=O) groups is 3. The van der Waals surface area contributed by atoms with Crippen molar-refractivity contribution in [3.05, 3.63) is 0 Å². The Labute approximate surface area is 203 Å². The molecule has 0 amide bonds. The van der Waals surface area contributed by atoms with E-state index < -0.39 is 21.8 Å². The van der Waals surface area contributed by atoms with Crippen LogP contribution in [0.2, 0.25) is 0 Å². The molecule has 0 aromatic rings. The summed E-state index contributed by atoms with van der Waals surface area (Å²) in [6.07, 6.45) is 7.94. The average Bonchev–Trinajstić information content (AvgIpc) is 3.11. The minimum absolute atomic E-state index is 0.101. The molecule has 7 nitrogen and oxygen atoms in total. The number of fused-ring (bicyclic) bond motifs is 5. The predicted molar refractivity (Wildman–Crippen MR) is 126 cm³/mol. The standard InChI is InChI=1S/C26H40O7S/c1-16(4-9-24(29)33-12-13-34(30,31)32)20-7-8-21-19-6-5-17-14-18(27)10-11-25(17,2)22(19)15-23(28)26(20,21)3/h16-17,19-22H,4-15H2,1-3H3,(H,30,31,32). The summed E-state index contributed by atoms with van der Waals surface area (Å²) < 4.78 is 35.3. The molecule has 4 aliphatic rings. The lowest BCUT2D eigenvalue weighted by Gasteiger charge is -2.59. The smallest absolute Gasteiger partial charge is 0.305 e. The molecule has 4 aliphatic carbocycles. The Morgan fingerprint density at radius 1 is 1.12 bits per heavy atom. The fraction of sp³-hybridized carbons (Fsp3) is 0.885. The first-order valence-corrected chi connectivity index (χ1v) is 14.6. The molecule has 0 bridgehead atoms. The van der Waals surface area contributed by atoms with E-state index in [9.17, 15) is 22.8 Å². The van der Waals surface area contributed by atoms with Crippen LogP contribution in [0, 0.1) is 46.3 Å². The van der Waals surface area contributed by atoms with Crippen LogP contribution in [0.25, 0.3) is 0 Å². The van der Waals surface area contributed by atoms with Gasteiger partial charge in [0.15, 0.2) is 0 Å². The van der Waals surface area contributed by atoms with E-state index in [1.54, 1.807) is 0 Å². The monoisotopic (exact) mass is 496 g/mol. The van der Waals surface area contributed by atoms with Gasteiger partial charge in [0.25, 0.3) is 10.1 Å². The molecule has 1 N–H and O–H groups in total. The van der Waals surface area contributed by atoms with Crippen LogP contribution in [0.4, 0.5) is 0 Å². The second kappa shape index (κ2) is 9.30. The van der Waals surface area contributed by atoms with E-state index >= 15 is 0 Å². The average molecular weight is 497 g/mol. The lowest BCUT2D eigenvalue weighted by Crippen LogP contribution is -2.57. The van der Waals surface area contributed by atoms with Gasteiger partial charge in [-0.05, 0) is 79.4 Å². The summed E-state index contributed by atoms with van der Waals surface area (Å²) in [6, 6.07) is 0. The number of Topliss-reactive ketones (excluding diaryl/α,β-unsaturated/α-hetero) is 2. The topological polar surface area (TPSA) is 115 Å². The highest BCUT2D eigenvalue weighted by atomic mass is 32.2. The lowest BCUT2D eigenvalue weighted by molar-refractivity contribution is -0.159. The first-order valence-electron chi connectivity index (χ1n) is 13.0. The van der Waals surface area contributed by atoms with Crippen LogP contribution in [0.1, 0.15) is 85.0 Å². The predicted octanol–water partition coefficient (Wildman–Crippen LogP) is 4.24. The summed E-state index contributed by atoms with van der Waals surface area (Å²) in [5.74, 6) is 1.85. The van der Waals surface area contributed by atoms with Gasteiger partial charge in [0.1, 0.15) is 23.9 Å². The second-order valence-corrected chi connectivity index (χ2v) is 13.6. The highest BCUT2D eigenvalue weighted by Crippen LogP contribution is 2.67. The minimum Gasteiger partial charge on any atom is -0.464 e. The van der Waals surface area contributed by atoms with Gasteiger partial charge in [-0.2, -0.15) is 8.42 Å². The number of rotatable bonds is 7. The maximum atomic E-state index is 13.8. The van der Waals surface area contributed by atoms with E-state index in [4.69, 9.17) is 9.29 Å². The molecule has 0 aliphatic heterocycles. The van der Waals surface area contributed by atoms with Gasteiger partial charge in [0.05, 0.1) is 0 Å². The zero-order valence-electron chi connectivity index (χ0n) is 20.8. The quantitative estimate of drug-likeness (QED) is 0.414. The van der Waals surface area contributed by atoms with Gasteiger partial charge >= 0.3 is 5.97 Å². The van der Waals surface area contributed by atoms with Crippen molar-refractivity contribution in [3.63, 3.8) is 0 Å². The van der Waals surface area contributed by atoms with Crippen molar-refractivity contribution >= 4 is 27.7 Å². The number of esters is 1. The number of carbonyl (C=O) groups excluding carboxylic acids is 3. The van der Waals surface area contributed by atoms with Crippen molar-refractivity contribution in [1.82, 2.24) is 0 Å². The van der Waals surface area contributed by atoms with E-state index in [0.29, 0.717) is 60.9 Å².